The summed E-state index contributed by atoms with van der Waals surface area (Å²) in [6, 6.07) is 7.61. The molecular formula is C15H17N3O2S. The molecule has 0 saturated carbocycles. The third-order valence-electron chi connectivity index (χ3n) is 3.71. The molecule has 0 aliphatic carbocycles. The Balaban J connectivity index is 1.99. The minimum atomic E-state index is -0.281. The zero-order valence-electron chi connectivity index (χ0n) is 11.8. The molecule has 2 heterocycles. The maximum Gasteiger partial charge on any atom is 0.315 e. The average molecular weight is 303 g/mol. The summed E-state index contributed by atoms with van der Waals surface area (Å²) >= 11 is 1.77. The van der Waals surface area contributed by atoms with Crippen LogP contribution in [0, 0.1) is 10.1 Å². The molecular weight excluding hydrogens is 286 g/mol. The lowest BCUT2D eigenvalue weighted by atomic mass is 10.1. The van der Waals surface area contributed by atoms with E-state index in [1.165, 1.54) is 10.4 Å². The maximum atomic E-state index is 11.5. The minimum absolute atomic E-state index is 0.179. The number of benzene rings is 1. The summed E-state index contributed by atoms with van der Waals surface area (Å²) in [5.41, 5.74) is 2.76. The van der Waals surface area contributed by atoms with Gasteiger partial charge in [-0.1, -0.05) is 6.07 Å². The molecule has 0 amide bonds. The molecule has 2 aromatic rings. The predicted octanol–water partition coefficient (Wildman–Crippen LogP) is 3.65. The lowest BCUT2D eigenvalue weighted by molar-refractivity contribution is -0.383. The van der Waals surface area contributed by atoms with Crippen LogP contribution in [0.5, 0.6) is 0 Å². The van der Waals surface area contributed by atoms with Crippen LogP contribution in [0.15, 0.2) is 29.6 Å². The summed E-state index contributed by atoms with van der Waals surface area (Å²) in [7, 11) is 0. The van der Waals surface area contributed by atoms with Gasteiger partial charge in [-0.25, -0.2) is 0 Å². The van der Waals surface area contributed by atoms with Crippen molar-refractivity contribution in [3.8, 4) is 0 Å². The third-order valence-corrected chi connectivity index (χ3v) is 4.74. The molecule has 0 fully saturated rings. The van der Waals surface area contributed by atoms with Gasteiger partial charge >= 0.3 is 5.69 Å². The fourth-order valence-electron chi connectivity index (χ4n) is 2.77. The van der Waals surface area contributed by atoms with Gasteiger partial charge in [0.25, 0.3) is 0 Å². The molecule has 0 spiro atoms. The summed E-state index contributed by atoms with van der Waals surface area (Å²) < 4.78 is 0. The molecule has 1 aromatic carbocycles. The number of hydrogen-bond acceptors (Lipinski definition) is 5. The van der Waals surface area contributed by atoms with E-state index in [2.05, 4.69) is 21.7 Å². The first-order valence-corrected chi connectivity index (χ1v) is 7.90. The van der Waals surface area contributed by atoms with E-state index in [-0.39, 0.29) is 10.6 Å². The highest BCUT2D eigenvalue weighted by atomic mass is 32.1. The van der Waals surface area contributed by atoms with Gasteiger partial charge in [0.2, 0.25) is 0 Å². The Labute approximate surface area is 127 Å². The Morgan fingerprint density at radius 1 is 1.43 bits per heavy atom. The summed E-state index contributed by atoms with van der Waals surface area (Å²) in [6.45, 7) is 4.17. The fourth-order valence-corrected chi connectivity index (χ4v) is 3.66. The average Bonchev–Trinajstić information content (AvgIpc) is 2.94. The van der Waals surface area contributed by atoms with Gasteiger partial charge in [-0.3, -0.25) is 10.1 Å². The molecule has 5 nitrogen and oxygen atoms in total. The molecule has 1 N–H and O–H groups in total. The number of rotatable bonds is 4. The molecule has 0 radical (unpaired) electrons. The van der Waals surface area contributed by atoms with Gasteiger partial charge in [-0.15, -0.1) is 11.3 Å². The molecule has 6 heteroatoms. The van der Waals surface area contributed by atoms with E-state index in [0.29, 0.717) is 17.9 Å². The molecule has 3 rings (SSSR count). The van der Waals surface area contributed by atoms with Crippen molar-refractivity contribution in [1.29, 1.82) is 0 Å². The normalized spacial score (nSPS) is 13.9. The van der Waals surface area contributed by atoms with E-state index < -0.39 is 0 Å². The smallest absolute Gasteiger partial charge is 0.315 e. The number of nitro benzene ring substituents is 1. The van der Waals surface area contributed by atoms with Crippen LogP contribution in [0.3, 0.4) is 0 Å². The number of fused-ring (bicyclic) bond motifs is 1. The van der Waals surface area contributed by atoms with Crippen LogP contribution in [0.1, 0.15) is 17.4 Å². The lowest BCUT2D eigenvalue weighted by Gasteiger charge is -2.29. The van der Waals surface area contributed by atoms with Crippen molar-refractivity contribution in [3.05, 3.63) is 50.2 Å². The molecule has 0 unspecified atom stereocenters. The maximum absolute atomic E-state index is 11.5. The second kappa shape index (κ2) is 5.73. The number of nitrogens with one attached hydrogen (secondary N) is 1. The van der Waals surface area contributed by atoms with E-state index >= 15 is 0 Å². The minimum Gasteiger partial charge on any atom is -0.380 e. The largest absolute Gasteiger partial charge is 0.380 e. The monoisotopic (exact) mass is 303 g/mol. The molecule has 1 aliphatic heterocycles. The Hall–Kier alpha value is -2.08. The summed E-state index contributed by atoms with van der Waals surface area (Å²) in [5.74, 6) is 0. The number of thiophene rings is 1. The van der Waals surface area contributed by atoms with Crippen LogP contribution >= 0.6 is 11.3 Å². The third kappa shape index (κ3) is 2.58. The van der Waals surface area contributed by atoms with Gasteiger partial charge in [0.05, 0.1) is 4.92 Å². The lowest BCUT2D eigenvalue weighted by Crippen LogP contribution is -2.30. The SMILES string of the molecule is CCNc1cccc(N2CCc3sccc3C2)c1[N+](=O)[O-]. The first-order chi connectivity index (χ1) is 10.2. The molecule has 1 aliphatic rings. The van der Waals surface area contributed by atoms with Gasteiger partial charge in [-0.05, 0) is 42.5 Å². The van der Waals surface area contributed by atoms with Crippen molar-refractivity contribution in [1.82, 2.24) is 0 Å². The van der Waals surface area contributed by atoms with Crippen molar-refractivity contribution in [2.75, 3.05) is 23.3 Å². The fraction of sp³-hybridized carbons (Fsp3) is 0.333. The Bertz CT molecular complexity index is 669. The van der Waals surface area contributed by atoms with Crippen LogP contribution in [0.4, 0.5) is 17.1 Å². The van der Waals surface area contributed by atoms with Crippen molar-refractivity contribution < 1.29 is 4.92 Å². The highest BCUT2D eigenvalue weighted by Crippen LogP contribution is 2.38. The quantitative estimate of drug-likeness (QED) is 0.692. The van der Waals surface area contributed by atoms with Crippen molar-refractivity contribution >= 4 is 28.4 Å². The zero-order valence-corrected chi connectivity index (χ0v) is 12.7. The van der Waals surface area contributed by atoms with Crippen molar-refractivity contribution in [2.24, 2.45) is 0 Å². The second-order valence-corrected chi connectivity index (χ2v) is 6.00. The predicted molar refractivity (Wildman–Crippen MR) is 86.3 cm³/mol. The van der Waals surface area contributed by atoms with Crippen LogP contribution < -0.4 is 10.2 Å². The standard InChI is InChI=1S/C15H17N3O2S/c1-2-16-12-4-3-5-13(15(12)18(19)20)17-8-6-14-11(10-17)7-9-21-14/h3-5,7,9,16H,2,6,8,10H2,1H3. The highest BCUT2D eigenvalue weighted by Gasteiger charge is 2.26. The first kappa shape index (κ1) is 13.9. The van der Waals surface area contributed by atoms with E-state index in [1.807, 2.05) is 19.1 Å². The van der Waals surface area contributed by atoms with Crippen LogP contribution in [0.25, 0.3) is 0 Å². The van der Waals surface area contributed by atoms with Crippen molar-refractivity contribution in [3.63, 3.8) is 0 Å². The first-order valence-electron chi connectivity index (χ1n) is 7.02. The van der Waals surface area contributed by atoms with Crippen LogP contribution in [0.2, 0.25) is 0 Å². The molecule has 110 valence electrons. The van der Waals surface area contributed by atoms with Crippen LogP contribution in [-0.2, 0) is 13.0 Å². The summed E-state index contributed by atoms with van der Waals surface area (Å²) in [4.78, 5) is 14.7. The summed E-state index contributed by atoms with van der Waals surface area (Å²) in [6.07, 6.45) is 0.954. The number of anilines is 2. The molecule has 0 saturated heterocycles. The Morgan fingerprint density at radius 3 is 3.05 bits per heavy atom. The zero-order chi connectivity index (χ0) is 14.8. The van der Waals surface area contributed by atoms with Crippen molar-refractivity contribution in [2.45, 2.75) is 19.9 Å². The van der Waals surface area contributed by atoms with Gasteiger partial charge in [0.1, 0.15) is 11.4 Å². The summed E-state index contributed by atoms with van der Waals surface area (Å²) in [5, 5.41) is 16.7. The van der Waals surface area contributed by atoms with E-state index in [1.54, 1.807) is 17.4 Å². The Kier molecular flexibility index (Phi) is 3.79. The number of nitrogens with zero attached hydrogens (tertiary/aromatic N) is 2. The molecule has 1 aromatic heterocycles. The van der Waals surface area contributed by atoms with E-state index in [9.17, 15) is 10.1 Å². The molecule has 21 heavy (non-hydrogen) atoms. The number of nitro groups is 1. The topological polar surface area (TPSA) is 58.4 Å². The second-order valence-electron chi connectivity index (χ2n) is 5.00. The van der Waals surface area contributed by atoms with Crippen LogP contribution in [-0.4, -0.2) is 18.0 Å². The van der Waals surface area contributed by atoms with Gasteiger partial charge in [-0.2, -0.15) is 0 Å². The van der Waals surface area contributed by atoms with Gasteiger partial charge in [0.15, 0.2) is 0 Å². The van der Waals surface area contributed by atoms with Gasteiger partial charge in [0, 0.05) is 24.5 Å². The van der Waals surface area contributed by atoms with Gasteiger partial charge < -0.3 is 10.2 Å². The molecule has 0 bridgehead atoms. The van der Waals surface area contributed by atoms with E-state index in [4.69, 9.17) is 0 Å². The molecule has 0 atom stereocenters. The Morgan fingerprint density at radius 2 is 2.29 bits per heavy atom. The highest BCUT2D eigenvalue weighted by molar-refractivity contribution is 7.10. The number of hydrogen-bond donors (Lipinski definition) is 1. The number of para-hydroxylation sites is 1. The van der Waals surface area contributed by atoms with E-state index in [0.717, 1.165) is 19.5 Å².